The Bertz CT molecular complexity index is 487. The van der Waals surface area contributed by atoms with Crippen LogP contribution in [-0.2, 0) is 10.0 Å². The fourth-order valence-corrected chi connectivity index (χ4v) is 2.18. The summed E-state index contributed by atoms with van der Waals surface area (Å²) in [5.74, 6) is -0.367. The van der Waals surface area contributed by atoms with Crippen LogP contribution in [0.15, 0.2) is 0 Å². The van der Waals surface area contributed by atoms with Crippen LogP contribution in [0.25, 0.3) is 0 Å². The lowest BCUT2D eigenvalue weighted by Crippen LogP contribution is -2.29. The second-order valence-corrected chi connectivity index (χ2v) is 6.53. The van der Waals surface area contributed by atoms with Gasteiger partial charge in [-0.15, -0.1) is 10.2 Å². The van der Waals surface area contributed by atoms with E-state index in [-0.39, 0.29) is 21.9 Å². The van der Waals surface area contributed by atoms with Crippen LogP contribution in [0.1, 0.15) is 16.2 Å². The van der Waals surface area contributed by atoms with Crippen molar-refractivity contribution >= 4 is 38.9 Å². The number of rotatable bonds is 6. The summed E-state index contributed by atoms with van der Waals surface area (Å²) in [7, 11) is -3.17. The Kier molecular flexibility index (Phi) is 5.25. The average Bonchev–Trinajstić information content (AvgIpc) is 2.62. The van der Waals surface area contributed by atoms with Crippen LogP contribution in [-0.4, -0.2) is 43.9 Å². The third kappa shape index (κ3) is 5.91. The van der Waals surface area contributed by atoms with E-state index in [4.69, 9.17) is 11.6 Å². The van der Waals surface area contributed by atoms with E-state index in [1.807, 2.05) is 0 Å². The quantitative estimate of drug-likeness (QED) is 0.712. The Labute approximate surface area is 108 Å². The Morgan fingerprint density at radius 1 is 1.41 bits per heavy atom. The van der Waals surface area contributed by atoms with E-state index < -0.39 is 10.0 Å². The predicted molar refractivity (Wildman–Crippen MR) is 64.7 cm³/mol. The van der Waals surface area contributed by atoms with Crippen LogP contribution < -0.4 is 10.0 Å². The number of carbonyl (C=O) groups is 1. The van der Waals surface area contributed by atoms with E-state index in [0.717, 1.165) is 17.6 Å². The maximum absolute atomic E-state index is 11.4. The number of hydrogen-bond acceptors (Lipinski definition) is 6. The highest BCUT2D eigenvalue weighted by Crippen LogP contribution is 2.14. The number of aromatic nitrogens is 2. The normalized spacial score (nSPS) is 11.4. The molecular formula is C7H11ClN4O3S2. The molecule has 1 rings (SSSR count). The average molecular weight is 299 g/mol. The van der Waals surface area contributed by atoms with Gasteiger partial charge in [0, 0.05) is 13.1 Å². The zero-order valence-electron chi connectivity index (χ0n) is 8.93. The number of hydrogen-bond donors (Lipinski definition) is 2. The Morgan fingerprint density at radius 2 is 2.12 bits per heavy atom. The van der Waals surface area contributed by atoms with Gasteiger partial charge in [-0.1, -0.05) is 11.3 Å². The summed E-state index contributed by atoms with van der Waals surface area (Å²) in [5, 5.41) is 9.82. The lowest BCUT2D eigenvalue weighted by atomic mass is 10.4. The standard InChI is InChI=1S/C7H11ClN4O3S2/c1-17(14,15)10-4-2-3-9-5(13)6-11-12-7(8)16-6/h10H,2-4H2,1H3,(H,9,13). The highest BCUT2D eigenvalue weighted by molar-refractivity contribution is 7.88. The molecule has 7 nitrogen and oxygen atoms in total. The van der Waals surface area contributed by atoms with E-state index in [0.29, 0.717) is 13.0 Å². The van der Waals surface area contributed by atoms with Crippen molar-refractivity contribution in [2.45, 2.75) is 6.42 Å². The fraction of sp³-hybridized carbons (Fsp3) is 0.571. The molecule has 0 aliphatic heterocycles. The maximum atomic E-state index is 11.4. The van der Waals surface area contributed by atoms with Crippen molar-refractivity contribution in [3.63, 3.8) is 0 Å². The summed E-state index contributed by atoms with van der Waals surface area (Å²) < 4.78 is 24.0. The molecule has 0 unspecified atom stereocenters. The van der Waals surface area contributed by atoms with Crippen LogP contribution in [0.4, 0.5) is 0 Å². The van der Waals surface area contributed by atoms with Gasteiger partial charge in [0.05, 0.1) is 6.26 Å². The van der Waals surface area contributed by atoms with Gasteiger partial charge < -0.3 is 5.32 Å². The molecule has 1 amide bonds. The molecule has 0 aromatic carbocycles. The van der Waals surface area contributed by atoms with Crippen LogP contribution in [0.2, 0.25) is 4.47 Å². The first kappa shape index (κ1) is 14.3. The minimum absolute atomic E-state index is 0.186. The smallest absolute Gasteiger partial charge is 0.282 e. The maximum Gasteiger partial charge on any atom is 0.282 e. The minimum atomic E-state index is -3.17. The minimum Gasteiger partial charge on any atom is -0.350 e. The Morgan fingerprint density at radius 3 is 2.65 bits per heavy atom. The number of amides is 1. The zero-order chi connectivity index (χ0) is 12.9. The van der Waals surface area contributed by atoms with Crippen molar-refractivity contribution in [3.8, 4) is 0 Å². The molecule has 96 valence electrons. The van der Waals surface area contributed by atoms with Gasteiger partial charge in [-0.05, 0) is 18.0 Å². The molecule has 1 heterocycles. The molecule has 0 bridgehead atoms. The molecule has 0 saturated carbocycles. The summed E-state index contributed by atoms with van der Waals surface area (Å²) in [5.41, 5.74) is 0. The van der Waals surface area contributed by atoms with E-state index in [1.54, 1.807) is 0 Å². The first-order valence-corrected chi connectivity index (χ1v) is 7.69. The lowest BCUT2D eigenvalue weighted by molar-refractivity contribution is 0.0952. The molecule has 1 aromatic rings. The van der Waals surface area contributed by atoms with Gasteiger partial charge in [0.15, 0.2) is 0 Å². The number of nitrogens with zero attached hydrogens (tertiary/aromatic N) is 2. The SMILES string of the molecule is CS(=O)(=O)NCCCNC(=O)c1nnc(Cl)s1. The molecule has 0 saturated heterocycles. The van der Waals surface area contributed by atoms with Gasteiger partial charge in [-0.2, -0.15) is 0 Å². The predicted octanol–water partition coefficient (Wildman–Crippen LogP) is -0.139. The molecule has 0 fully saturated rings. The Balaban J connectivity index is 2.21. The molecule has 0 aliphatic carbocycles. The number of carbonyl (C=O) groups excluding carboxylic acids is 1. The Hall–Kier alpha value is -0.770. The van der Waals surface area contributed by atoms with E-state index in [2.05, 4.69) is 20.2 Å². The first-order chi connectivity index (χ1) is 7.88. The largest absolute Gasteiger partial charge is 0.350 e. The fourth-order valence-electron chi connectivity index (χ4n) is 0.921. The third-order valence-electron chi connectivity index (χ3n) is 1.60. The summed E-state index contributed by atoms with van der Waals surface area (Å²) in [4.78, 5) is 11.4. The van der Waals surface area contributed by atoms with Gasteiger partial charge in [0.25, 0.3) is 5.91 Å². The summed E-state index contributed by atoms with van der Waals surface area (Å²) >= 11 is 6.51. The van der Waals surface area contributed by atoms with Crippen LogP contribution in [0.3, 0.4) is 0 Å². The van der Waals surface area contributed by atoms with Crippen molar-refractivity contribution < 1.29 is 13.2 Å². The summed E-state index contributed by atoms with van der Waals surface area (Å²) in [6, 6.07) is 0. The molecule has 0 aliphatic rings. The van der Waals surface area contributed by atoms with E-state index in [9.17, 15) is 13.2 Å². The van der Waals surface area contributed by atoms with Gasteiger partial charge >= 0.3 is 0 Å². The lowest BCUT2D eigenvalue weighted by Gasteiger charge is -2.03. The van der Waals surface area contributed by atoms with Gasteiger partial charge in [-0.25, -0.2) is 13.1 Å². The second kappa shape index (κ2) is 6.24. The van der Waals surface area contributed by atoms with Crippen LogP contribution in [0, 0.1) is 0 Å². The number of sulfonamides is 1. The van der Waals surface area contributed by atoms with E-state index >= 15 is 0 Å². The zero-order valence-corrected chi connectivity index (χ0v) is 11.3. The summed E-state index contributed by atoms with van der Waals surface area (Å²) in [6.07, 6.45) is 1.57. The molecule has 17 heavy (non-hydrogen) atoms. The number of nitrogens with one attached hydrogen (secondary N) is 2. The summed E-state index contributed by atoms with van der Waals surface area (Å²) in [6.45, 7) is 0.620. The molecule has 2 N–H and O–H groups in total. The topological polar surface area (TPSA) is 101 Å². The van der Waals surface area contributed by atoms with Crippen molar-refractivity contribution in [1.29, 1.82) is 0 Å². The van der Waals surface area contributed by atoms with Gasteiger partial charge in [0.2, 0.25) is 19.5 Å². The van der Waals surface area contributed by atoms with Gasteiger partial charge in [-0.3, -0.25) is 4.79 Å². The molecule has 0 atom stereocenters. The molecular weight excluding hydrogens is 288 g/mol. The van der Waals surface area contributed by atoms with Crippen LogP contribution >= 0.6 is 22.9 Å². The van der Waals surface area contributed by atoms with Gasteiger partial charge in [0.1, 0.15) is 0 Å². The van der Waals surface area contributed by atoms with Crippen molar-refractivity contribution in [2.75, 3.05) is 19.3 Å². The van der Waals surface area contributed by atoms with E-state index in [1.165, 1.54) is 0 Å². The first-order valence-electron chi connectivity index (χ1n) is 4.60. The molecule has 0 radical (unpaired) electrons. The highest BCUT2D eigenvalue weighted by atomic mass is 35.5. The number of halogens is 1. The second-order valence-electron chi connectivity index (χ2n) is 3.14. The van der Waals surface area contributed by atoms with Crippen molar-refractivity contribution in [2.24, 2.45) is 0 Å². The monoisotopic (exact) mass is 298 g/mol. The molecule has 0 spiro atoms. The third-order valence-corrected chi connectivity index (χ3v) is 3.34. The van der Waals surface area contributed by atoms with Crippen molar-refractivity contribution in [1.82, 2.24) is 20.2 Å². The van der Waals surface area contributed by atoms with Crippen molar-refractivity contribution in [3.05, 3.63) is 9.47 Å². The van der Waals surface area contributed by atoms with Crippen LogP contribution in [0.5, 0.6) is 0 Å². The molecule has 1 aromatic heterocycles. The highest BCUT2D eigenvalue weighted by Gasteiger charge is 2.10. The molecule has 10 heteroatoms.